The Balaban J connectivity index is 0.000000249. The molecule has 6 aromatic rings. The van der Waals surface area contributed by atoms with E-state index in [1.54, 1.807) is 0 Å². The molecule has 2 atom stereocenters. The summed E-state index contributed by atoms with van der Waals surface area (Å²) in [4.78, 5) is 58.9. The van der Waals surface area contributed by atoms with Crippen molar-refractivity contribution in [3.05, 3.63) is 78.5 Å². The number of nitrogens with two attached hydrogens (primary N) is 1. The predicted octanol–water partition coefficient (Wildman–Crippen LogP) is 14.6. The van der Waals surface area contributed by atoms with Crippen LogP contribution in [0.5, 0.6) is 11.5 Å². The summed E-state index contributed by atoms with van der Waals surface area (Å²) in [6.07, 6.45) is 31.8. The Morgan fingerprint density at radius 2 is 0.989 bits per heavy atom. The Kier molecular flexibility index (Phi) is 34.2. The van der Waals surface area contributed by atoms with Gasteiger partial charge in [0.15, 0.2) is 11.6 Å². The summed E-state index contributed by atoms with van der Waals surface area (Å²) in [7, 11) is 2.85. The third kappa shape index (κ3) is 27.0. The molecular formula is C66H95ClN10O12Pd. The number of nitrogens with one attached hydrogen (secondary N) is 3. The van der Waals surface area contributed by atoms with Crippen molar-refractivity contribution in [3.8, 4) is 11.5 Å². The summed E-state index contributed by atoms with van der Waals surface area (Å²) in [5.74, 6) is 2.19. The number of esters is 2. The van der Waals surface area contributed by atoms with Gasteiger partial charge in [-0.15, -0.1) is 0 Å². The maximum Gasteiger partial charge on any atom is 0.305 e. The number of aromatic nitrogens is 6. The number of carboxylic acids is 2. The molecule has 2 saturated carbocycles. The van der Waals surface area contributed by atoms with Crippen LogP contribution in [0.4, 0.5) is 28.8 Å². The van der Waals surface area contributed by atoms with Crippen LogP contribution < -0.4 is 31.2 Å². The van der Waals surface area contributed by atoms with E-state index in [1.807, 2.05) is 67.3 Å². The summed E-state index contributed by atoms with van der Waals surface area (Å²) in [6.45, 7) is 5.13. The van der Waals surface area contributed by atoms with Crippen molar-refractivity contribution in [2.45, 2.75) is 205 Å². The van der Waals surface area contributed by atoms with Gasteiger partial charge in [-0.25, -0.2) is 19.9 Å². The van der Waals surface area contributed by atoms with E-state index in [2.05, 4.69) is 50.6 Å². The number of nitrogen functional groups attached to an aromatic ring is 1. The first-order valence-corrected chi connectivity index (χ1v) is 32.2. The number of methoxy groups -OCH3 is 2. The van der Waals surface area contributed by atoms with Crippen molar-refractivity contribution in [1.82, 2.24) is 29.1 Å². The van der Waals surface area contributed by atoms with E-state index in [0.29, 0.717) is 43.3 Å². The number of carbonyl (C=O) groups excluding carboxylic acids is 2. The molecule has 4 aliphatic rings. The number of unbranched alkanes of at least 4 members (excludes halogenated alkanes) is 6. The molecule has 2 aliphatic heterocycles. The Hall–Kier alpha value is -6.77. The van der Waals surface area contributed by atoms with Crippen molar-refractivity contribution in [2.75, 3.05) is 62.3 Å². The molecule has 24 heteroatoms. The van der Waals surface area contributed by atoms with Crippen molar-refractivity contribution in [1.29, 1.82) is 0 Å². The third-order valence-electron chi connectivity index (χ3n) is 15.5. The molecular weight excluding hydrogens is 1270 g/mol. The fourth-order valence-electron chi connectivity index (χ4n) is 10.9. The molecule has 2 saturated heterocycles. The number of ether oxygens (including phenoxy) is 6. The Morgan fingerprint density at radius 3 is 1.42 bits per heavy atom. The number of carbonyl (C=O) groups is 4. The first kappa shape index (κ1) is 74.0. The number of halogens is 1. The van der Waals surface area contributed by atoms with Crippen molar-refractivity contribution < 1.29 is 78.2 Å². The summed E-state index contributed by atoms with van der Waals surface area (Å²) in [5, 5.41) is 26.1. The predicted molar refractivity (Wildman–Crippen MR) is 347 cm³/mol. The van der Waals surface area contributed by atoms with Gasteiger partial charge < -0.3 is 69.5 Å². The molecule has 0 spiro atoms. The molecule has 10 rings (SSSR count). The maximum absolute atomic E-state index is 11.2. The maximum atomic E-state index is 11.2. The normalized spacial score (nSPS) is 16.5. The molecule has 498 valence electrons. The van der Waals surface area contributed by atoms with Gasteiger partial charge in [-0.2, -0.15) is 0 Å². The topological polar surface area (TPSA) is 288 Å². The summed E-state index contributed by atoms with van der Waals surface area (Å²) >= 11 is 6.28. The van der Waals surface area contributed by atoms with E-state index in [1.165, 1.54) is 84.8 Å². The van der Waals surface area contributed by atoms with Crippen LogP contribution in [0.25, 0.3) is 22.1 Å². The number of rotatable bonds is 24. The van der Waals surface area contributed by atoms with Gasteiger partial charge in [0.2, 0.25) is 0 Å². The largest absolute Gasteiger partial charge is 0.494 e. The quantitative estimate of drug-likeness (QED) is 0.0108. The molecule has 0 bridgehead atoms. The number of anilines is 5. The molecule has 0 radical (unpaired) electrons. The smallest absolute Gasteiger partial charge is 0.305 e. The van der Waals surface area contributed by atoms with Gasteiger partial charge in [0, 0.05) is 95.9 Å². The SMILES string of the molecule is CC(=O)O.CC(=O)O.COC(=O)CCCCCCOc1ccc(N)cc1.COC(=O)CCCCCCOc1ccc(Nc2cc3c(ncn3C3CCCCO3)c(NC3CCCCC3)n2)cc1.Clc1cc2c(ncn2C2CCCCO2)c(NC2CCCCC2)n1.[Pd]. The number of fused-ring (bicyclic) bond motifs is 2. The number of carboxylic acid groups (broad SMARTS) is 2. The van der Waals surface area contributed by atoms with Crippen LogP contribution in [0.15, 0.2) is 73.3 Å². The van der Waals surface area contributed by atoms with E-state index < -0.39 is 11.9 Å². The van der Waals surface area contributed by atoms with Crippen molar-refractivity contribution >= 4 is 86.4 Å². The second-order valence-corrected chi connectivity index (χ2v) is 23.1. The van der Waals surface area contributed by atoms with E-state index in [-0.39, 0.29) is 44.8 Å². The molecule has 2 unspecified atom stereocenters. The van der Waals surface area contributed by atoms with Crippen LogP contribution in [0.2, 0.25) is 5.15 Å². The van der Waals surface area contributed by atoms with E-state index in [0.717, 1.165) is 173 Å². The first-order chi connectivity index (χ1) is 43.2. The number of nitrogens with zero attached hydrogens (tertiary/aromatic N) is 6. The van der Waals surface area contributed by atoms with E-state index >= 15 is 0 Å². The molecule has 4 aromatic heterocycles. The summed E-state index contributed by atoms with van der Waals surface area (Å²) in [6, 6.07) is 20.3. The zero-order valence-corrected chi connectivity index (χ0v) is 55.2. The Morgan fingerprint density at radius 1 is 0.578 bits per heavy atom. The van der Waals surface area contributed by atoms with Crippen LogP contribution in [-0.2, 0) is 58.5 Å². The second-order valence-electron chi connectivity index (χ2n) is 22.7. The minimum absolute atomic E-state index is 0. The molecule has 2 aromatic carbocycles. The molecule has 4 fully saturated rings. The van der Waals surface area contributed by atoms with Gasteiger partial charge in [0.1, 0.15) is 46.0 Å². The number of aliphatic carboxylic acids is 2. The van der Waals surface area contributed by atoms with Crippen molar-refractivity contribution in [2.24, 2.45) is 0 Å². The van der Waals surface area contributed by atoms with Crippen LogP contribution in [0.1, 0.15) is 193 Å². The molecule has 22 nitrogen and oxygen atoms in total. The molecule has 90 heavy (non-hydrogen) atoms. The Bertz CT molecular complexity index is 3020. The Labute approximate surface area is 548 Å². The van der Waals surface area contributed by atoms with E-state index in [9.17, 15) is 9.59 Å². The van der Waals surface area contributed by atoms with Crippen LogP contribution in [0, 0.1) is 0 Å². The van der Waals surface area contributed by atoms with Crippen LogP contribution >= 0.6 is 11.6 Å². The average molecular weight is 1360 g/mol. The van der Waals surface area contributed by atoms with Crippen LogP contribution in [-0.4, -0.2) is 116 Å². The van der Waals surface area contributed by atoms with Gasteiger partial charge >= 0.3 is 11.9 Å². The minimum Gasteiger partial charge on any atom is -0.494 e. The standard InChI is InChI=1S/C31H43N5O4.C17H23ClN4O.C14H21NO3.2C2H4O2.Pd/c1-38-29(37)14-7-2-3-9-19-39-25-17-15-24(16-18-25)33-27-21-26-30(31(35-27)34-23-11-5-4-6-12-23)32-22-36(26)28-13-8-10-20-40-28;18-14-10-13-16(17(21-14)20-12-6-2-1-3-7-12)19-11-22(13)15-8-4-5-9-23-15;1-17-14(16)6-4-2-3-5-11-18-13-9-7-12(15)8-10-13;2*1-2(3)4;/h15-18,21-23,28H,2-14,19-20H2,1H3,(H2,33,34,35);10-12,15H,1-9H2,(H,20,21);7-10H,2-6,11,15H2,1H3;2*1H3,(H,3,4);. The van der Waals surface area contributed by atoms with Gasteiger partial charge in [-0.1, -0.05) is 75.8 Å². The molecule has 7 N–H and O–H groups in total. The zero-order chi connectivity index (χ0) is 63.6. The van der Waals surface area contributed by atoms with Gasteiger partial charge in [-0.05, 0) is 138 Å². The average Bonchev–Trinajstić information content (AvgIpc) is 1.83. The zero-order valence-electron chi connectivity index (χ0n) is 52.9. The number of hydrogen-bond donors (Lipinski definition) is 6. The number of hydrogen-bond acceptors (Lipinski definition) is 18. The fourth-order valence-corrected chi connectivity index (χ4v) is 11.1. The number of pyridine rings is 2. The summed E-state index contributed by atoms with van der Waals surface area (Å²) < 4.78 is 37.0. The van der Waals surface area contributed by atoms with Gasteiger partial charge in [0.05, 0.1) is 51.1 Å². The van der Waals surface area contributed by atoms with Gasteiger partial charge in [0.25, 0.3) is 11.9 Å². The fraction of sp³-hybridized carbons (Fsp3) is 0.576. The van der Waals surface area contributed by atoms with Crippen molar-refractivity contribution in [3.63, 3.8) is 0 Å². The van der Waals surface area contributed by atoms with Gasteiger partial charge in [-0.3, -0.25) is 19.2 Å². The minimum atomic E-state index is -0.833. The molecule has 2 aliphatic carbocycles. The third-order valence-corrected chi connectivity index (χ3v) is 15.7. The molecule has 6 heterocycles. The number of benzene rings is 2. The first-order valence-electron chi connectivity index (χ1n) is 31.9. The van der Waals surface area contributed by atoms with Crippen LogP contribution in [0.3, 0.4) is 0 Å². The molecule has 0 amide bonds. The summed E-state index contributed by atoms with van der Waals surface area (Å²) in [5.41, 5.74) is 11.1. The second kappa shape index (κ2) is 41.6. The van der Waals surface area contributed by atoms with E-state index in [4.69, 9.17) is 66.1 Å². The number of imidazole rings is 2. The monoisotopic (exact) mass is 1360 g/mol.